The molecule has 1 N–H and O–H groups in total. The molecule has 0 spiro atoms. The Morgan fingerprint density at radius 3 is 0.903 bits per heavy atom. The van der Waals surface area contributed by atoms with Crippen LogP contribution in [-0.4, -0.2) is 58.8 Å². The third-order valence-corrected chi connectivity index (χ3v) is 3.27. The molecule has 31 heavy (non-hydrogen) atoms. The zero-order valence-corrected chi connectivity index (χ0v) is 13.0. The number of hydrogen-bond donors (Lipinski definition) is 1. The fourth-order valence-corrected chi connectivity index (χ4v) is 1.44. The molecule has 0 saturated heterocycles. The molecule has 0 bridgehead atoms. The summed E-state index contributed by atoms with van der Waals surface area (Å²) in [5, 5.41) is 7.82. The van der Waals surface area contributed by atoms with Crippen molar-refractivity contribution in [3.05, 3.63) is 6.17 Å². The smallest absolute Gasteiger partial charge is 0.352 e. The van der Waals surface area contributed by atoms with E-state index in [2.05, 4.69) is 0 Å². The average molecular weight is 517 g/mol. The summed E-state index contributed by atoms with van der Waals surface area (Å²) in [6, 6.07) is 0. The van der Waals surface area contributed by atoms with Crippen molar-refractivity contribution in [2.45, 2.75) is 53.7 Å². The van der Waals surface area contributed by atoms with Crippen LogP contribution in [0.1, 0.15) is 0 Å². The second kappa shape index (κ2) is 7.03. The number of aliphatic hydroxyl groups is 1. The number of alkyl halides is 19. The Balaban J connectivity index is 6.77. The Kier molecular flexibility index (Phi) is 6.70. The van der Waals surface area contributed by atoms with Crippen LogP contribution in [0.4, 0.5) is 87.8 Å². The van der Waals surface area contributed by atoms with Crippen LogP contribution in [0.2, 0.25) is 0 Å². The van der Waals surface area contributed by atoms with Gasteiger partial charge in [-0.25, -0.2) is 4.39 Å². The molecular weight excluding hydrogens is 516 g/mol. The van der Waals surface area contributed by atoms with Gasteiger partial charge in [-0.05, 0) is 0 Å². The van der Waals surface area contributed by atoms with Crippen molar-refractivity contribution >= 4 is 0 Å². The molecule has 0 aromatic carbocycles. The largest absolute Gasteiger partial charge is 0.460 e. The predicted molar refractivity (Wildman–Crippen MR) is 52.2 cm³/mol. The molecule has 0 amide bonds. The molecule has 1 unspecified atom stereocenters. The highest BCUT2D eigenvalue weighted by Gasteiger charge is 2.95. The zero-order valence-electron chi connectivity index (χ0n) is 13.0. The number of hydrogen-bond acceptors (Lipinski definition) is 1. The fraction of sp³-hybridized carbons (Fsp3) is 0.900. The van der Waals surface area contributed by atoms with Gasteiger partial charge in [-0.2, -0.15) is 83.4 Å². The van der Waals surface area contributed by atoms with Gasteiger partial charge in [0.15, 0.2) is 0 Å². The number of rotatable bonds is 7. The van der Waals surface area contributed by atoms with Gasteiger partial charge in [-0.1, -0.05) is 0 Å². The highest BCUT2D eigenvalue weighted by molar-refractivity contribution is 5.20. The normalized spacial score (nSPS) is 18.4. The van der Waals surface area contributed by atoms with Gasteiger partial charge in [0.2, 0.25) is 0 Å². The maximum Gasteiger partial charge on any atom is 0.460 e. The Hall–Kier alpha value is -1.44. The quantitative estimate of drug-likeness (QED) is 0.406. The molecule has 21 heteroatoms. The molecule has 0 rings (SSSR count). The molecule has 0 aliphatic carbocycles. The van der Waals surface area contributed by atoms with E-state index in [4.69, 9.17) is 5.11 Å². The highest BCUT2D eigenvalue weighted by atomic mass is 19.4. The SMILES string of the molecule is OC(F)([C](F)C(F)(F)C(F)(F)C(F)(F)C(F)(F)C(F)(F)C(F)(F)C(F)(F)F)C(F)(F)F. The van der Waals surface area contributed by atoms with Crippen LogP contribution in [0.5, 0.6) is 0 Å². The molecule has 187 valence electrons. The third kappa shape index (κ3) is 3.72. The zero-order chi connectivity index (χ0) is 26.1. The third-order valence-electron chi connectivity index (χ3n) is 3.27. The molecule has 1 nitrogen and oxygen atoms in total. The van der Waals surface area contributed by atoms with Crippen molar-refractivity contribution in [1.29, 1.82) is 0 Å². The second-order valence-electron chi connectivity index (χ2n) is 5.38. The van der Waals surface area contributed by atoms with Gasteiger partial charge in [0.25, 0.3) is 6.17 Å². The lowest BCUT2D eigenvalue weighted by atomic mass is 9.88. The first-order valence-electron chi connectivity index (χ1n) is 6.25. The van der Waals surface area contributed by atoms with Gasteiger partial charge in [-0.15, -0.1) is 0 Å². The molecule has 0 aromatic rings. The first kappa shape index (κ1) is 29.6. The first-order chi connectivity index (χ1) is 12.9. The monoisotopic (exact) mass is 517 g/mol. The summed E-state index contributed by atoms with van der Waals surface area (Å²) in [5.74, 6) is -59.4. The Labute approximate surface area is 154 Å². The molecule has 1 atom stereocenters. The van der Waals surface area contributed by atoms with Gasteiger partial charge in [0.05, 0.1) is 0 Å². The van der Waals surface area contributed by atoms with Crippen molar-refractivity contribution in [3.8, 4) is 0 Å². The first-order valence-corrected chi connectivity index (χ1v) is 6.25. The molecule has 1 radical (unpaired) electrons. The topological polar surface area (TPSA) is 20.2 Å². The summed E-state index contributed by atoms with van der Waals surface area (Å²) in [7, 11) is 0. The Morgan fingerprint density at radius 2 is 0.645 bits per heavy atom. The van der Waals surface area contributed by atoms with Crippen LogP contribution >= 0.6 is 0 Å². The van der Waals surface area contributed by atoms with Gasteiger partial charge in [0, 0.05) is 0 Å². The minimum Gasteiger partial charge on any atom is -0.352 e. The lowest BCUT2D eigenvalue weighted by Gasteiger charge is -2.42. The minimum absolute atomic E-state index is 5.67. The summed E-state index contributed by atoms with van der Waals surface area (Å²) < 4.78 is 252. The average Bonchev–Trinajstić information content (AvgIpc) is 2.50. The van der Waals surface area contributed by atoms with Gasteiger partial charge in [-0.3, -0.25) is 0 Å². The van der Waals surface area contributed by atoms with Crippen molar-refractivity contribution in [2.24, 2.45) is 0 Å². The van der Waals surface area contributed by atoms with E-state index in [9.17, 15) is 87.8 Å². The second-order valence-corrected chi connectivity index (χ2v) is 5.38. The number of halogens is 20. The van der Waals surface area contributed by atoms with E-state index in [1.807, 2.05) is 0 Å². The summed E-state index contributed by atoms with van der Waals surface area (Å²) >= 11 is 0. The van der Waals surface area contributed by atoms with Crippen molar-refractivity contribution < 1.29 is 92.9 Å². The van der Waals surface area contributed by atoms with Crippen LogP contribution < -0.4 is 0 Å². The molecule has 0 fully saturated rings. The lowest BCUT2D eigenvalue weighted by Crippen LogP contribution is -2.73. The Bertz CT molecular complexity index is 652. The minimum atomic E-state index is -8.94. The molecule has 0 aromatic heterocycles. The van der Waals surface area contributed by atoms with Crippen LogP contribution in [-0.2, 0) is 0 Å². The summed E-state index contributed by atoms with van der Waals surface area (Å²) in [5.41, 5.74) is 0. The molecule has 0 saturated carbocycles. The van der Waals surface area contributed by atoms with Crippen LogP contribution in [0, 0.1) is 6.17 Å². The maximum atomic E-state index is 13.1. The van der Waals surface area contributed by atoms with Crippen molar-refractivity contribution in [1.82, 2.24) is 0 Å². The maximum absolute atomic E-state index is 13.1. The molecule has 0 heterocycles. The van der Waals surface area contributed by atoms with Gasteiger partial charge in [0.1, 0.15) is 0 Å². The van der Waals surface area contributed by atoms with E-state index in [0.29, 0.717) is 0 Å². The van der Waals surface area contributed by atoms with Crippen LogP contribution in [0.3, 0.4) is 0 Å². The van der Waals surface area contributed by atoms with E-state index in [0.717, 1.165) is 0 Å². The molecular formula is C10HF20O. The standard InChI is InChI=1S/C10HF20O/c11-1(3(14,31)9(25,26)27)2(12,13)4(15,16)5(17,18)6(19,20)7(21,22)8(23,24)10(28,29)30/h31H. The molecule has 0 aliphatic rings. The molecule has 0 aliphatic heterocycles. The van der Waals surface area contributed by atoms with Crippen molar-refractivity contribution in [3.63, 3.8) is 0 Å². The van der Waals surface area contributed by atoms with E-state index in [-0.39, 0.29) is 0 Å². The van der Waals surface area contributed by atoms with E-state index >= 15 is 0 Å². The van der Waals surface area contributed by atoms with E-state index in [1.54, 1.807) is 0 Å². The summed E-state index contributed by atoms with van der Waals surface area (Å²) in [6.45, 7) is 0. The van der Waals surface area contributed by atoms with Crippen LogP contribution in [0.15, 0.2) is 0 Å². The van der Waals surface area contributed by atoms with Gasteiger partial charge >= 0.3 is 53.7 Å². The van der Waals surface area contributed by atoms with Crippen molar-refractivity contribution in [2.75, 3.05) is 0 Å². The van der Waals surface area contributed by atoms with Crippen LogP contribution in [0.25, 0.3) is 0 Å². The summed E-state index contributed by atoms with van der Waals surface area (Å²) in [6.07, 6.45) is -21.0. The summed E-state index contributed by atoms with van der Waals surface area (Å²) in [4.78, 5) is 0. The van der Waals surface area contributed by atoms with E-state index < -0.39 is 59.9 Å². The fourth-order valence-electron chi connectivity index (χ4n) is 1.44. The predicted octanol–water partition coefficient (Wildman–Crippen LogP) is 6.08. The van der Waals surface area contributed by atoms with Gasteiger partial charge < -0.3 is 5.11 Å². The Morgan fingerprint density at radius 1 is 0.387 bits per heavy atom. The van der Waals surface area contributed by atoms with E-state index in [1.165, 1.54) is 0 Å². The lowest BCUT2D eigenvalue weighted by molar-refractivity contribution is -0.455. The highest BCUT2D eigenvalue weighted by Crippen LogP contribution is 2.64.